The Bertz CT molecular complexity index is 735. The Kier molecular flexibility index (Phi) is 5.12. The van der Waals surface area contributed by atoms with Crippen LogP contribution in [0.1, 0.15) is 49.8 Å². The largest absolute Gasteiger partial charge is 0.381 e. The minimum atomic E-state index is -3.20. The van der Waals surface area contributed by atoms with E-state index in [1.807, 2.05) is 6.07 Å². The molecule has 0 saturated carbocycles. The Morgan fingerprint density at radius 3 is 2.73 bits per heavy atom. The summed E-state index contributed by atoms with van der Waals surface area (Å²) in [5.74, 6) is 0.819. The number of rotatable bonds is 5. The standard InChI is InChI=1S/C20H30N2O3S/c1-2-26(23,24)21-19-13-20(18-6-4-3-5-17(18)19)8-10-22(11-9-20)14-16-7-12-25-15-16/h3-6,16,19,21H,2,7-15H2,1H3. The first-order chi connectivity index (χ1) is 12.5. The molecule has 1 aliphatic carbocycles. The topological polar surface area (TPSA) is 58.6 Å². The zero-order valence-electron chi connectivity index (χ0n) is 15.6. The second-order valence-corrected chi connectivity index (χ2v) is 10.2. The van der Waals surface area contributed by atoms with Gasteiger partial charge in [0.15, 0.2) is 0 Å². The van der Waals surface area contributed by atoms with Gasteiger partial charge >= 0.3 is 0 Å². The normalized spacial score (nSPS) is 28.5. The highest BCUT2D eigenvalue weighted by Gasteiger charge is 2.46. The first-order valence-electron chi connectivity index (χ1n) is 9.91. The molecule has 4 rings (SSSR count). The lowest BCUT2D eigenvalue weighted by molar-refractivity contribution is 0.125. The van der Waals surface area contributed by atoms with Gasteiger partial charge in [0, 0.05) is 19.2 Å². The molecule has 2 saturated heterocycles. The van der Waals surface area contributed by atoms with Crippen molar-refractivity contribution < 1.29 is 13.2 Å². The number of nitrogens with one attached hydrogen (secondary N) is 1. The molecule has 2 fully saturated rings. The van der Waals surface area contributed by atoms with Crippen LogP contribution in [0.15, 0.2) is 24.3 Å². The second-order valence-electron chi connectivity index (χ2n) is 8.18. The van der Waals surface area contributed by atoms with E-state index < -0.39 is 10.0 Å². The van der Waals surface area contributed by atoms with Gasteiger partial charge in [-0.3, -0.25) is 0 Å². The van der Waals surface area contributed by atoms with Gasteiger partial charge in [-0.1, -0.05) is 24.3 Å². The highest BCUT2D eigenvalue weighted by molar-refractivity contribution is 7.89. The Balaban J connectivity index is 1.48. The molecule has 3 aliphatic rings. The van der Waals surface area contributed by atoms with Gasteiger partial charge in [0.25, 0.3) is 0 Å². The van der Waals surface area contributed by atoms with Crippen LogP contribution in [-0.4, -0.2) is 51.9 Å². The Morgan fingerprint density at radius 2 is 2.04 bits per heavy atom. The van der Waals surface area contributed by atoms with Gasteiger partial charge in [-0.05, 0) is 68.2 Å². The van der Waals surface area contributed by atoms with Crippen LogP contribution in [0.4, 0.5) is 0 Å². The minimum absolute atomic E-state index is 0.0778. The molecule has 1 N–H and O–H groups in total. The summed E-state index contributed by atoms with van der Waals surface area (Å²) in [7, 11) is -3.20. The molecule has 2 unspecified atom stereocenters. The maximum Gasteiger partial charge on any atom is 0.211 e. The van der Waals surface area contributed by atoms with Gasteiger partial charge in [0.2, 0.25) is 10.0 Å². The third-order valence-corrected chi connectivity index (χ3v) is 7.96. The Hall–Kier alpha value is -0.950. The molecule has 144 valence electrons. The fraction of sp³-hybridized carbons (Fsp3) is 0.700. The zero-order valence-corrected chi connectivity index (χ0v) is 16.4. The quantitative estimate of drug-likeness (QED) is 0.855. The van der Waals surface area contributed by atoms with Crippen molar-refractivity contribution in [1.29, 1.82) is 0 Å². The van der Waals surface area contributed by atoms with E-state index in [0.29, 0.717) is 5.92 Å². The van der Waals surface area contributed by atoms with Gasteiger partial charge in [0.05, 0.1) is 12.4 Å². The maximum atomic E-state index is 12.2. The molecule has 1 aromatic rings. The molecule has 0 bridgehead atoms. The molecule has 1 spiro atoms. The number of ether oxygens (including phenoxy) is 1. The first kappa shape index (κ1) is 18.4. The lowest BCUT2D eigenvalue weighted by atomic mass is 9.73. The molecule has 5 nitrogen and oxygen atoms in total. The molecule has 2 atom stereocenters. The summed E-state index contributed by atoms with van der Waals surface area (Å²) in [6.07, 6.45) is 4.31. The van der Waals surface area contributed by atoms with Crippen molar-refractivity contribution in [3.8, 4) is 0 Å². The van der Waals surface area contributed by atoms with Crippen LogP contribution in [0.5, 0.6) is 0 Å². The average Bonchev–Trinajstić information content (AvgIpc) is 3.25. The zero-order chi connectivity index (χ0) is 18.2. The van der Waals surface area contributed by atoms with Crippen LogP contribution in [0.2, 0.25) is 0 Å². The summed E-state index contributed by atoms with van der Waals surface area (Å²) in [5.41, 5.74) is 2.68. The van der Waals surface area contributed by atoms with Crippen molar-refractivity contribution in [1.82, 2.24) is 9.62 Å². The molecule has 2 aliphatic heterocycles. The number of hydrogen-bond acceptors (Lipinski definition) is 4. The molecule has 2 heterocycles. The first-order valence-corrected chi connectivity index (χ1v) is 11.6. The van der Waals surface area contributed by atoms with Gasteiger partial charge < -0.3 is 9.64 Å². The number of hydrogen-bond donors (Lipinski definition) is 1. The van der Waals surface area contributed by atoms with Gasteiger partial charge in [-0.15, -0.1) is 0 Å². The van der Waals surface area contributed by atoms with Gasteiger partial charge in [-0.2, -0.15) is 0 Å². The summed E-state index contributed by atoms with van der Waals surface area (Å²) in [4.78, 5) is 2.58. The third kappa shape index (κ3) is 3.57. The van der Waals surface area contributed by atoms with E-state index in [2.05, 4.69) is 27.8 Å². The molecule has 26 heavy (non-hydrogen) atoms. The van der Waals surface area contributed by atoms with Crippen molar-refractivity contribution in [2.45, 2.75) is 44.1 Å². The SMILES string of the molecule is CCS(=O)(=O)NC1CC2(CCN(CC3CCOC3)CC2)c2ccccc21. The Labute approximate surface area is 157 Å². The van der Waals surface area contributed by atoms with Crippen LogP contribution in [-0.2, 0) is 20.2 Å². The number of nitrogens with zero attached hydrogens (tertiary/aromatic N) is 1. The molecular formula is C20H30N2O3S. The predicted molar refractivity (Wildman–Crippen MR) is 103 cm³/mol. The Morgan fingerprint density at radius 1 is 1.27 bits per heavy atom. The van der Waals surface area contributed by atoms with Crippen LogP contribution >= 0.6 is 0 Å². The van der Waals surface area contributed by atoms with Crippen LogP contribution in [0, 0.1) is 5.92 Å². The van der Waals surface area contributed by atoms with Crippen LogP contribution in [0.3, 0.4) is 0 Å². The summed E-state index contributed by atoms with van der Waals surface area (Å²) in [6, 6.07) is 8.37. The molecule has 0 radical (unpaired) electrons. The summed E-state index contributed by atoms with van der Waals surface area (Å²) in [6.45, 7) is 6.85. The van der Waals surface area contributed by atoms with E-state index in [9.17, 15) is 8.42 Å². The van der Waals surface area contributed by atoms with E-state index in [1.165, 1.54) is 17.5 Å². The molecule has 0 aromatic heterocycles. The summed E-state index contributed by atoms with van der Waals surface area (Å²) < 4.78 is 32.8. The fourth-order valence-electron chi connectivity index (χ4n) is 5.03. The lowest BCUT2D eigenvalue weighted by Crippen LogP contribution is -2.44. The monoisotopic (exact) mass is 378 g/mol. The number of piperidine rings is 1. The van der Waals surface area contributed by atoms with E-state index in [-0.39, 0.29) is 17.2 Å². The third-order valence-electron chi connectivity index (χ3n) is 6.56. The maximum absolute atomic E-state index is 12.2. The van der Waals surface area contributed by atoms with E-state index in [4.69, 9.17) is 4.74 Å². The summed E-state index contributed by atoms with van der Waals surface area (Å²) >= 11 is 0. The predicted octanol–water partition coefficient (Wildman–Crippen LogP) is 2.44. The van der Waals surface area contributed by atoms with Crippen molar-refractivity contribution in [2.75, 3.05) is 38.6 Å². The molecule has 6 heteroatoms. The molecule has 0 amide bonds. The minimum Gasteiger partial charge on any atom is -0.381 e. The highest BCUT2D eigenvalue weighted by atomic mass is 32.2. The van der Waals surface area contributed by atoms with Crippen molar-refractivity contribution in [3.63, 3.8) is 0 Å². The second kappa shape index (κ2) is 7.23. The van der Waals surface area contributed by atoms with E-state index >= 15 is 0 Å². The molecular weight excluding hydrogens is 348 g/mol. The average molecular weight is 379 g/mol. The fourth-order valence-corrected chi connectivity index (χ4v) is 5.84. The van der Waals surface area contributed by atoms with Gasteiger partial charge in [0.1, 0.15) is 0 Å². The van der Waals surface area contributed by atoms with Crippen LogP contribution in [0.25, 0.3) is 0 Å². The van der Waals surface area contributed by atoms with Gasteiger partial charge in [-0.25, -0.2) is 13.1 Å². The van der Waals surface area contributed by atoms with Crippen molar-refractivity contribution in [2.24, 2.45) is 5.92 Å². The van der Waals surface area contributed by atoms with Crippen LogP contribution < -0.4 is 4.72 Å². The summed E-state index contributed by atoms with van der Waals surface area (Å²) in [5, 5.41) is 0. The smallest absolute Gasteiger partial charge is 0.211 e. The highest BCUT2D eigenvalue weighted by Crippen LogP contribution is 2.51. The van der Waals surface area contributed by atoms with Crippen molar-refractivity contribution >= 4 is 10.0 Å². The van der Waals surface area contributed by atoms with E-state index in [0.717, 1.165) is 52.1 Å². The van der Waals surface area contributed by atoms with E-state index in [1.54, 1.807) is 6.92 Å². The number of benzene rings is 1. The van der Waals surface area contributed by atoms with Crippen molar-refractivity contribution in [3.05, 3.63) is 35.4 Å². The lowest BCUT2D eigenvalue weighted by Gasteiger charge is -2.41. The molecule has 1 aromatic carbocycles. The number of fused-ring (bicyclic) bond motifs is 2. The number of likely N-dealkylation sites (tertiary alicyclic amines) is 1. The number of sulfonamides is 1.